The van der Waals surface area contributed by atoms with Crippen LogP contribution in [-0.2, 0) is 0 Å². The second-order valence-corrected chi connectivity index (χ2v) is 5.06. The maximum absolute atomic E-state index is 5.70. The molecule has 0 aliphatic heterocycles. The number of ether oxygens (including phenoxy) is 1. The Hall–Kier alpha value is -0.540. The van der Waals surface area contributed by atoms with Gasteiger partial charge in [0.1, 0.15) is 5.75 Å². The van der Waals surface area contributed by atoms with Gasteiger partial charge in [0.05, 0.1) is 24.2 Å². The summed E-state index contributed by atoms with van der Waals surface area (Å²) in [5.41, 5.74) is 0. The van der Waals surface area contributed by atoms with Crippen molar-refractivity contribution in [3.63, 3.8) is 0 Å². The molecule has 0 radical (unpaired) electrons. The highest BCUT2D eigenvalue weighted by atomic mass is 79.9. The summed E-state index contributed by atoms with van der Waals surface area (Å²) >= 11 is 3.48. The molecule has 17 heavy (non-hydrogen) atoms. The van der Waals surface area contributed by atoms with Crippen LogP contribution in [0.25, 0.3) is 0 Å². The first kappa shape index (κ1) is 14.5. The first-order chi connectivity index (χ1) is 8.34. The van der Waals surface area contributed by atoms with E-state index in [9.17, 15) is 0 Å². The zero-order valence-electron chi connectivity index (χ0n) is 10.6. The average Bonchev–Trinajstić information content (AvgIpc) is 2.35. The monoisotopic (exact) mass is 300 g/mol. The normalized spacial score (nSPS) is 10.5. The Labute approximate surface area is 113 Å². The molecule has 1 aromatic rings. The van der Waals surface area contributed by atoms with Crippen LogP contribution in [0, 0.1) is 0 Å². The number of benzene rings is 1. The van der Waals surface area contributed by atoms with E-state index in [1.54, 1.807) is 0 Å². The van der Waals surface area contributed by atoms with Gasteiger partial charge in [0, 0.05) is 0 Å². The molecule has 0 heterocycles. The number of unbranched alkanes of at least 4 members (excludes halogenated alkanes) is 2. The van der Waals surface area contributed by atoms with Gasteiger partial charge < -0.3 is 10.1 Å². The molecule has 0 aliphatic rings. The van der Waals surface area contributed by atoms with Crippen LogP contribution >= 0.6 is 15.9 Å². The fourth-order valence-corrected chi connectivity index (χ4v) is 2.03. The van der Waals surface area contributed by atoms with E-state index in [1.165, 1.54) is 32.4 Å². The van der Waals surface area contributed by atoms with Crippen molar-refractivity contribution in [1.29, 1.82) is 0 Å². The molecule has 3 heteroatoms. The average molecular weight is 301 g/mol. The predicted octanol–water partition coefficient (Wildman–Crippen LogP) is 2.97. The van der Waals surface area contributed by atoms with Crippen molar-refractivity contribution >= 4 is 15.9 Å². The predicted molar refractivity (Wildman–Crippen MR) is 75.4 cm³/mol. The van der Waals surface area contributed by atoms with E-state index in [4.69, 9.17) is 4.74 Å². The standard InChI is InChI=1S/C14H22BrNO/c1-2-3-10-16-11-6-7-12-17-14-9-5-4-8-13(14)15/h4-5,8-9,16H,2-3,6-7,10-12H2,1H3/p+1. The molecule has 2 nitrogen and oxygen atoms in total. The minimum absolute atomic E-state index is 0.810. The lowest BCUT2D eigenvalue weighted by molar-refractivity contribution is -0.655. The highest BCUT2D eigenvalue weighted by Gasteiger charge is 1.98. The van der Waals surface area contributed by atoms with Crippen LogP contribution in [0.5, 0.6) is 5.75 Å². The molecular formula is C14H23BrNO+. The SMILES string of the molecule is CCCC[NH2+]CCCCOc1ccccc1Br. The molecular weight excluding hydrogens is 278 g/mol. The minimum Gasteiger partial charge on any atom is -0.492 e. The fraction of sp³-hybridized carbons (Fsp3) is 0.571. The zero-order valence-corrected chi connectivity index (χ0v) is 12.2. The van der Waals surface area contributed by atoms with Crippen LogP contribution < -0.4 is 10.1 Å². The van der Waals surface area contributed by atoms with Crippen molar-refractivity contribution in [2.75, 3.05) is 19.7 Å². The molecule has 2 N–H and O–H groups in total. The number of hydrogen-bond donors (Lipinski definition) is 1. The fourth-order valence-electron chi connectivity index (χ4n) is 1.63. The number of para-hydroxylation sites is 1. The van der Waals surface area contributed by atoms with Gasteiger partial charge in [0.25, 0.3) is 0 Å². The topological polar surface area (TPSA) is 25.8 Å². The Morgan fingerprint density at radius 1 is 1.12 bits per heavy atom. The van der Waals surface area contributed by atoms with Crippen molar-refractivity contribution in [3.8, 4) is 5.75 Å². The number of hydrogen-bond acceptors (Lipinski definition) is 1. The molecule has 0 amide bonds. The number of quaternary nitrogens is 1. The van der Waals surface area contributed by atoms with Crippen LogP contribution in [-0.4, -0.2) is 19.7 Å². The number of rotatable bonds is 9. The molecule has 0 spiro atoms. The Balaban J connectivity index is 1.99. The maximum atomic E-state index is 5.70. The Kier molecular flexibility index (Phi) is 8.10. The van der Waals surface area contributed by atoms with Crippen molar-refractivity contribution in [2.24, 2.45) is 0 Å². The third-order valence-electron chi connectivity index (χ3n) is 2.66. The first-order valence-corrected chi connectivity index (χ1v) is 7.33. The zero-order chi connectivity index (χ0) is 12.3. The molecule has 0 saturated heterocycles. The third kappa shape index (κ3) is 6.69. The second kappa shape index (κ2) is 9.49. The molecule has 0 saturated carbocycles. The summed E-state index contributed by atoms with van der Waals surface area (Å²) in [6, 6.07) is 8.00. The van der Waals surface area contributed by atoms with Gasteiger partial charge in [-0.2, -0.15) is 0 Å². The summed E-state index contributed by atoms with van der Waals surface area (Å²) in [6.07, 6.45) is 4.98. The number of halogens is 1. The highest BCUT2D eigenvalue weighted by Crippen LogP contribution is 2.23. The van der Waals surface area contributed by atoms with Gasteiger partial charge in [-0.3, -0.25) is 0 Å². The second-order valence-electron chi connectivity index (χ2n) is 4.21. The van der Waals surface area contributed by atoms with Gasteiger partial charge in [0.2, 0.25) is 0 Å². The molecule has 0 fully saturated rings. The van der Waals surface area contributed by atoms with Gasteiger partial charge in [0.15, 0.2) is 0 Å². The molecule has 1 rings (SSSR count). The number of nitrogens with two attached hydrogens (primary N) is 1. The van der Waals surface area contributed by atoms with E-state index in [2.05, 4.69) is 28.2 Å². The van der Waals surface area contributed by atoms with E-state index in [1.807, 2.05) is 24.3 Å². The summed E-state index contributed by atoms with van der Waals surface area (Å²) < 4.78 is 6.74. The lowest BCUT2D eigenvalue weighted by atomic mass is 10.3. The van der Waals surface area contributed by atoms with Crippen molar-refractivity contribution in [2.45, 2.75) is 32.6 Å². The van der Waals surface area contributed by atoms with E-state index in [0.717, 1.165) is 23.2 Å². The van der Waals surface area contributed by atoms with Crippen molar-refractivity contribution < 1.29 is 10.1 Å². The van der Waals surface area contributed by atoms with Crippen LogP contribution in [0.15, 0.2) is 28.7 Å². The highest BCUT2D eigenvalue weighted by molar-refractivity contribution is 9.10. The Morgan fingerprint density at radius 3 is 2.65 bits per heavy atom. The van der Waals surface area contributed by atoms with Gasteiger partial charge >= 0.3 is 0 Å². The summed E-state index contributed by atoms with van der Waals surface area (Å²) in [6.45, 7) is 5.53. The Bertz CT molecular complexity index is 304. The Morgan fingerprint density at radius 2 is 1.88 bits per heavy atom. The lowest BCUT2D eigenvalue weighted by Gasteiger charge is -2.07. The smallest absolute Gasteiger partial charge is 0.133 e. The third-order valence-corrected chi connectivity index (χ3v) is 3.31. The lowest BCUT2D eigenvalue weighted by Crippen LogP contribution is -2.84. The minimum atomic E-state index is 0.810. The van der Waals surface area contributed by atoms with Crippen molar-refractivity contribution in [3.05, 3.63) is 28.7 Å². The summed E-state index contributed by atoms with van der Waals surface area (Å²) in [7, 11) is 0. The first-order valence-electron chi connectivity index (χ1n) is 6.53. The summed E-state index contributed by atoms with van der Waals surface area (Å²) in [5, 5.41) is 2.40. The van der Waals surface area contributed by atoms with Gasteiger partial charge in [-0.25, -0.2) is 0 Å². The van der Waals surface area contributed by atoms with Crippen LogP contribution in [0.3, 0.4) is 0 Å². The molecule has 96 valence electrons. The molecule has 0 unspecified atom stereocenters. The van der Waals surface area contributed by atoms with Crippen molar-refractivity contribution in [1.82, 2.24) is 0 Å². The van der Waals surface area contributed by atoms with Gasteiger partial charge in [-0.1, -0.05) is 25.5 Å². The van der Waals surface area contributed by atoms with E-state index < -0.39 is 0 Å². The molecule has 0 bridgehead atoms. The van der Waals surface area contributed by atoms with Gasteiger partial charge in [-0.05, 0) is 47.3 Å². The molecule has 0 atom stereocenters. The van der Waals surface area contributed by atoms with Crippen LogP contribution in [0.2, 0.25) is 0 Å². The molecule has 1 aromatic carbocycles. The quantitative estimate of drug-likeness (QED) is 0.697. The largest absolute Gasteiger partial charge is 0.492 e. The van der Waals surface area contributed by atoms with Crippen LogP contribution in [0.1, 0.15) is 32.6 Å². The van der Waals surface area contributed by atoms with E-state index in [-0.39, 0.29) is 0 Å². The summed E-state index contributed by atoms with van der Waals surface area (Å²) in [5.74, 6) is 0.947. The summed E-state index contributed by atoms with van der Waals surface area (Å²) in [4.78, 5) is 0. The molecule has 0 aromatic heterocycles. The maximum Gasteiger partial charge on any atom is 0.133 e. The van der Waals surface area contributed by atoms with Gasteiger partial charge in [-0.15, -0.1) is 0 Å². The molecule has 0 aliphatic carbocycles. The van der Waals surface area contributed by atoms with E-state index in [0.29, 0.717) is 0 Å². The van der Waals surface area contributed by atoms with Crippen LogP contribution in [0.4, 0.5) is 0 Å². The van der Waals surface area contributed by atoms with E-state index >= 15 is 0 Å².